The molecule has 0 fully saturated rings. The number of halogens is 3. The molecule has 0 saturated heterocycles. The van der Waals surface area contributed by atoms with Crippen molar-refractivity contribution in [2.45, 2.75) is 6.18 Å². The molecule has 28 heavy (non-hydrogen) atoms. The smallest absolute Gasteiger partial charge is 0.434 e. The van der Waals surface area contributed by atoms with E-state index < -0.39 is 28.2 Å². The number of benzene rings is 1. The zero-order valence-corrected chi connectivity index (χ0v) is 13.6. The minimum atomic E-state index is -4.81. The molecule has 0 atom stereocenters. The van der Waals surface area contributed by atoms with Gasteiger partial charge in [-0.3, -0.25) is 10.1 Å². The highest BCUT2D eigenvalue weighted by atomic mass is 19.4. The van der Waals surface area contributed by atoms with Crippen molar-refractivity contribution in [3.05, 3.63) is 64.7 Å². The Morgan fingerprint density at radius 2 is 1.79 bits per heavy atom. The summed E-state index contributed by atoms with van der Waals surface area (Å²) in [4.78, 5) is 10.1. The maximum Gasteiger partial charge on any atom is 0.434 e. The zero-order chi connectivity index (χ0) is 19.9. The van der Waals surface area contributed by atoms with Crippen LogP contribution < -0.4 is 0 Å². The minimum Gasteiger partial charge on any atom is -0.459 e. The van der Waals surface area contributed by atoms with Crippen LogP contribution in [0.4, 0.5) is 18.9 Å². The molecule has 0 radical (unpaired) electrons. The van der Waals surface area contributed by atoms with E-state index in [1.165, 1.54) is 12.3 Å². The molecule has 0 aliphatic carbocycles. The Morgan fingerprint density at radius 1 is 1.07 bits per heavy atom. The number of nitro groups is 1. The quantitative estimate of drug-likeness (QED) is 0.380. The lowest BCUT2D eigenvalue weighted by Gasteiger charge is -2.11. The van der Waals surface area contributed by atoms with Crippen molar-refractivity contribution in [3.63, 3.8) is 0 Å². The maximum atomic E-state index is 13.7. The van der Waals surface area contributed by atoms with Gasteiger partial charge in [0.2, 0.25) is 0 Å². The predicted octanol–water partition coefficient (Wildman–Crippen LogP) is 4.11. The molecule has 0 aliphatic heterocycles. The number of hydrogen-bond acceptors (Lipinski definition) is 7. The van der Waals surface area contributed by atoms with Crippen molar-refractivity contribution in [3.8, 4) is 28.8 Å². The summed E-state index contributed by atoms with van der Waals surface area (Å²) in [6.07, 6.45) is -2.52. The number of nitrogens with zero attached hydrogens (tertiary/aromatic N) is 5. The highest BCUT2D eigenvalue weighted by Gasteiger charge is 2.40. The fraction of sp³-hybridized carbons (Fsp3) is 0.0625. The third-order valence-electron chi connectivity index (χ3n) is 3.73. The van der Waals surface area contributed by atoms with Crippen LogP contribution in [-0.2, 0) is 6.18 Å². The van der Waals surface area contributed by atoms with Crippen LogP contribution >= 0.6 is 0 Å². The molecule has 0 N–H and O–H groups in total. The molecule has 4 aromatic rings. The Balaban J connectivity index is 1.80. The van der Waals surface area contributed by atoms with E-state index >= 15 is 0 Å². The fourth-order valence-corrected chi connectivity index (χ4v) is 2.52. The van der Waals surface area contributed by atoms with Gasteiger partial charge in [-0.1, -0.05) is 0 Å². The summed E-state index contributed by atoms with van der Waals surface area (Å²) < 4.78 is 52.1. The normalized spacial score (nSPS) is 11.7. The van der Waals surface area contributed by atoms with Gasteiger partial charge in [0, 0.05) is 12.1 Å². The van der Waals surface area contributed by atoms with E-state index in [2.05, 4.69) is 15.3 Å². The van der Waals surface area contributed by atoms with Crippen LogP contribution in [0.5, 0.6) is 0 Å². The molecule has 0 unspecified atom stereocenters. The average molecular weight is 391 g/mol. The van der Waals surface area contributed by atoms with Gasteiger partial charge >= 0.3 is 6.18 Å². The number of alkyl halides is 3. The van der Waals surface area contributed by atoms with Crippen LogP contribution in [0.1, 0.15) is 5.69 Å². The first-order valence-corrected chi connectivity index (χ1v) is 7.62. The van der Waals surface area contributed by atoms with Gasteiger partial charge in [0.05, 0.1) is 28.6 Å². The second-order valence-electron chi connectivity index (χ2n) is 5.48. The minimum absolute atomic E-state index is 0.0186. The number of rotatable bonds is 4. The fourth-order valence-electron chi connectivity index (χ4n) is 2.52. The SMILES string of the molecule is O=[N+]([O-])c1ccc(-n2ncc(-c3nnc(-c4ccco4)o3)c2C(F)(F)F)cc1. The van der Waals surface area contributed by atoms with E-state index in [1.807, 2.05) is 0 Å². The van der Waals surface area contributed by atoms with Crippen molar-refractivity contribution < 1.29 is 26.9 Å². The van der Waals surface area contributed by atoms with Crippen LogP contribution in [0.2, 0.25) is 0 Å². The molecule has 1 aromatic carbocycles. The highest BCUT2D eigenvalue weighted by Crippen LogP contribution is 2.38. The molecule has 3 heterocycles. The number of nitro benzene ring substituents is 1. The van der Waals surface area contributed by atoms with Crippen LogP contribution in [0, 0.1) is 10.1 Å². The first kappa shape index (κ1) is 17.5. The molecule has 3 aromatic heterocycles. The summed E-state index contributed by atoms with van der Waals surface area (Å²) in [7, 11) is 0. The van der Waals surface area contributed by atoms with Gasteiger partial charge < -0.3 is 8.83 Å². The second-order valence-corrected chi connectivity index (χ2v) is 5.48. The van der Waals surface area contributed by atoms with E-state index in [9.17, 15) is 23.3 Å². The number of non-ortho nitro benzene ring substituents is 1. The Morgan fingerprint density at radius 3 is 2.39 bits per heavy atom. The third kappa shape index (κ3) is 3.00. The van der Waals surface area contributed by atoms with Crippen molar-refractivity contribution in [1.29, 1.82) is 0 Å². The van der Waals surface area contributed by atoms with Crippen LogP contribution in [0.25, 0.3) is 28.8 Å². The molecular weight excluding hydrogens is 383 g/mol. The topological polar surface area (TPSA) is 113 Å². The summed E-state index contributed by atoms with van der Waals surface area (Å²) in [5.74, 6) is -0.279. The van der Waals surface area contributed by atoms with Crippen LogP contribution in [0.15, 0.2) is 57.7 Å². The van der Waals surface area contributed by atoms with Crippen molar-refractivity contribution in [2.24, 2.45) is 0 Å². The summed E-state index contributed by atoms with van der Waals surface area (Å²) in [6, 6.07) is 7.56. The van der Waals surface area contributed by atoms with Crippen molar-refractivity contribution in [2.75, 3.05) is 0 Å². The zero-order valence-electron chi connectivity index (χ0n) is 13.6. The predicted molar refractivity (Wildman–Crippen MR) is 86.2 cm³/mol. The molecule has 4 rings (SSSR count). The molecule has 0 spiro atoms. The lowest BCUT2D eigenvalue weighted by Crippen LogP contribution is -2.14. The van der Waals surface area contributed by atoms with Gasteiger partial charge in [-0.15, -0.1) is 10.2 Å². The van der Waals surface area contributed by atoms with E-state index in [0.717, 1.165) is 30.5 Å². The van der Waals surface area contributed by atoms with Crippen molar-refractivity contribution >= 4 is 5.69 Å². The molecule has 9 nitrogen and oxygen atoms in total. The Hall–Kier alpha value is -3.96. The van der Waals surface area contributed by atoms with E-state index in [1.54, 1.807) is 6.07 Å². The second kappa shape index (κ2) is 6.33. The van der Waals surface area contributed by atoms with E-state index in [-0.39, 0.29) is 23.0 Å². The summed E-state index contributed by atoms with van der Waals surface area (Å²) in [5.41, 5.74) is -1.87. The highest BCUT2D eigenvalue weighted by molar-refractivity contribution is 5.60. The van der Waals surface area contributed by atoms with Gasteiger partial charge in [0.15, 0.2) is 11.5 Å². The molecule has 0 amide bonds. The largest absolute Gasteiger partial charge is 0.459 e. The first-order chi connectivity index (χ1) is 13.3. The van der Waals surface area contributed by atoms with Crippen LogP contribution in [-0.4, -0.2) is 24.9 Å². The maximum absolute atomic E-state index is 13.7. The molecular formula is C16H8F3N5O4. The Bertz CT molecular complexity index is 1130. The Labute approximate surface area is 153 Å². The molecule has 0 bridgehead atoms. The van der Waals surface area contributed by atoms with Gasteiger partial charge in [-0.25, -0.2) is 4.68 Å². The van der Waals surface area contributed by atoms with E-state index in [4.69, 9.17) is 8.83 Å². The van der Waals surface area contributed by atoms with Gasteiger partial charge in [0.25, 0.3) is 17.5 Å². The molecule has 142 valence electrons. The number of furan rings is 1. The Kier molecular flexibility index (Phi) is 3.95. The summed E-state index contributed by atoms with van der Waals surface area (Å²) >= 11 is 0. The monoisotopic (exact) mass is 391 g/mol. The van der Waals surface area contributed by atoms with Crippen molar-refractivity contribution in [1.82, 2.24) is 20.0 Å². The molecule has 0 saturated carbocycles. The lowest BCUT2D eigenvalue weighted by atomic mass is 10.2. The number of aromatic nitrogens is 4. The first-order valence-electron chi connectivity index (χ1n) is 7.62. The molecule has 0 aliphatic rings. The summed E-state index contributed by atoms with van der Waals surface area (Å²) in [5, 5.41) is 21.8. The summed E-state index contributed by atoms with van der Waals surface area (Å²) in [6.45, 7) is 0. The standard InChI is InChI=1S/C16H8F3N5O4/c17-16(18,19)13-11(14-21-22-15(28-14)12-2-1-7-27-12)8-20-23(13)9-3-5-10(6-4-9)24(25)26/h1-8H. The van der Waals surface area contributed by atoms with Gasteiger partial charge in [0.1, 0.15) is 0 Å². The lowest BCUT2D eigenvalue weighted by molar-refractivity contribution is -0.384. The van der Waals surface area contributed by atoms with Gasteiger partial charge in [-0.05, 0) is 24.3 Å². The van der Waals surface area contributed by atoms with Gasteiger partial charge in [-0.2, -0.15) is 18.3 Å². The average Bonchev–Trinajstić information content (AvgIpc) is 3.38. The molecule has 12 heteroatoms. The van der Waals surface area contributed by atoms with E-state index in [0.29, 0.717) is 4.68 Å². The third-order valence-corrected chi connectivity index (χ3v) is 3.73. The number of hydrogen-bond donors (Lipinski definition) is 0. The van der Waals surface area contributed by atoms with Crippen LogP contribution in [0.3, 0.4) is 0 Å².